The first-order chi connectivity index (χ1) is 12.1. The van der Waals surface area contributed by atoms with Crippen molar-refractivity contribution in [2.75, 3.05) is 38.1 Å². The Bertz CT molecular complexity index is 677. The van der Waals surface area contributed by atoms with E-state index in [4.69, 9.17) is 0 Å². The van der Waals surface area contributed by atoms with E-state index in [0.29, 0.717) is 30.7 Å². The maximum Gasteiger partial charge on any atom is 0.321 e. The van der Waals surface area contributed by atoms with Gasteiger partial charge in [0, 0.05) is 43.0 Å². The number of anilines is 1. The van der Waals surface area contributed by atoms with Crippen molar-refractivity contribution in [2.45, 2.75) is 37.8 Å². The molecule has 4 rings (SSSR count). The van der Waals surface area contributed by atoms with Crippen LogP contribution in [0.3, 0.4) is 0 Å². The van der Waals surface area contributed by atoms with Gasteiger partial charge in [-0.15, -0.1) is 0 Å². The highest BCUT2D eigenvalue weighted by molar-refractivity contribution is 5.98. The molecule has 6 nitrogen and oxygen atoms in total. The molecule has 6 heteroatoms. The first kappa shape index (κ1) is 16.4. The summed E-state index contributed by atoms with van der Waals surface area (Å²) in [5.74, 6) is 0.101. The third-order valence-corrected chi connectivity index (χ3v) is 5.84. The fraction of sp³-hybridized carbons (Fsp3) is 0.579. The first-order valence-corrected chi connectivity index (χ1v) is 9.32. The smallest absolute Gasteiger partial charge is 0.321 e. The van der Waals surface area contributed by atoms with Crippen molar-refractivity contribution in [1.29, 1.82) is 0 Å². The van der Waals surface area contributed by atoms with Crippen molar-refractivity contribution in [3.8, 4) is 0 Å². The van der Waals surface area contributed by atoms with Gasteiger partial charge in [-0.3, -0.25) is 9.69 Å². The Labute approximate surface area is 148 Å². The minimum absolute atomic E-state index is 0.0868. The zero-order valence-electron chi connectivity index (χ0n) is 14.8. The molecule has 1 aromatic rings. The number of nitrogens with zero attached hydrogens (tertiary/aromatic N) is 3. The van der Waals surface area contributed by atoms with Crippen LogP contribution < -0.4 is 10.2 Å². The number of urea groups is 1. The van der Waals surface area contributed by atoms with Crippen LogP contribution in [0.25, 0.3) is 0 Å². The number of hydrogen-bond acceptors (Lipinski definition) is 3. The van der Waals surface area contributed by atoms with Crippen LogP contribution in [0.15, 0.2) is 24.3 Å². The Balaban J connectivity index is 1.55. The molecular weight excluding hydrogens is 316 g/mol. The molecule has 0 bridgehead atoms. The summed E-state index contributed by atoms with van der Waals surface area (Å²) in [6, 6.07) is 8.22. The van der Waals surface area contributed by atoms with E-state index < -0.39 is 0 Å². The van der Waals surface area contributed by atoms with Crippen molar-refractivity contribution >= 4 is 17.6 Å². The van der Waals surface area contributed by atoms with E-state index in [1.165, 1.54) is 12.8 Å². The summed E-state index contributed by atoms with van der Waals surface area (Å²) >= 11 is 0. The van der Waals surface area contributed by atoms with Crippen molar-refractivity contribution in [3.05, 3.63) is 29.8 Å². The molecule has 0 spiro atoms. The van der Waals surface area contributed by atoms with E-state index in [1.807, 2.05) is 24.3 Å². The summed E-state index contributed by atoms with van der Waals surface area (Å²) < 4.78 is 0. The quantitative estimate of drug-likeness (QED) is 0.913. The molecule has 0 aromatic heterocycles. The molecule has 25 heavy (non-hydrogen) atoms. The Morgan fingerprint density at radius 1 is 1.12 bits per heavy atom. The number of hydrogen-bond donors (Lipinski definition) is 1. The molecule has 1 N–H and O–H groups in total. The number of carbonyl (C=O) groups is 2. The largest absolute Gasteiger partial charge is 0.336 e. The molecule has 3 aliphatic heterocycles. The van der Waals surface area contributed by atoms with Gasteiger partial charge in [-0.05, 0) is 57.5 Å². The molecule has 3 amide bonds. The Morgan fingerprint density at radius 2 is 1.92 bits per heavy atom. The highest BCUT2D eigenvalue weighted by atomic mass is 16.2. The van der Waals surface area contributed by atoms with Crippen LogP contribution in [-0.2, 0) is 0 Å². The van der Waals surface area contributed by atoms with Gasteiger partial charge in [-0.25, -0.2) is 4.79 Å². The highest BCUT2D eigenvalue weighted by Crippen LogP contribution is 2.30. The average molecular weight is 342 g/mol. The van der Waals surface area contributed by atoms with Gasteiger partial charge in [0.2, 0.25) is 0 Å². The highest BCUT2D eigenvalue weighted by Gasteiger charge is 2.38. The fourth-order valence-electron chi connectivity index (χ4n) is 4.56. The van der Waals surface area contributed by atoms with Gasteiger partial charge in [-0.1, -0.05) is 6.07 Å². The number of likely N-dealkylation sites (N-methyl/N-ethyl adjacent to an activating group) is 1. The van der Waals surface area contributed by atoms with Crippen LogP contribution in [0.5, 0.6) is 0 Å². The third-order valence-electron chi connectivity index (χ3n) is 5.84. The predicted octanol–water partition coefficient (Wildman–Crippen LogP) is 1.91. The van der Waals surface area contributed by atoms with Gasteiger partial charge >= 0.3 is 6.03 Å². The lowest BCUT2D eigenvalue weighted by Crippen LogP contribution is -2.47. The van der Waals surface area contributed by atoms with Gasteiger partial charge < -0.3 is 15.1 Å². The molecule has 3 aliphatic rings. The molecule has 0 radical (unpaired) electrons. The molecule has 134 valence electrons. The van der Waals surface area contributed by atoms with Gasteiger partial charge in [0.05, 0.1) is 0 Å². The van der Waals surface area contributed by atoms with Gasteiger partial charge in [0.1, 0.15) is 0 Å². The molecular formula is C19H26N4O2. The molecule has 0 aliphatic carbocycles. The lowest BCUT2D eigenvalue weighted by molar-refractivity contribution is 0.0664. The molecule has 3 fully saturated rings. The SMILES string of the molecule is CN1CCC[C@H]1[C@H]1CCCN1C(=O)c1cccc(N2CCNC2=O)c1. The van der Waals surface area contributed by atoms with E-state index in [0.717, 1.165) is 31.6 Å². The maximum atomic E-state index is 13.2. The standard InChI is InChI=1S/C19H26N4O2/c1-21-10-3-7-16(21)17-8-4-11-23(17)18(24)14-5-2-6-15(13-14)22-12-9-20-19(22)25/h2,5-6,13,16-17H,3-4,7-12H2,1H3,(H,20,25)/t16-,17+/m0/s1. The zero-order chi connectivity index (χ0) is 17.4. The van der Waals surface area contributed by atoms with Crippen LogP contribution in [0.1, 0.15) is 36.0 Å². The van der Waals surface area contributed by atoms with Gasteiger partial charge in [0.15, 0.2) is 0 Å². The summed E-state index contributed by atoms with van der Waals surface area (Å²) in [4.78, 5) is 31.2. The Morgan fingerprint density at radius 3 is 2.64 bits per heavy atom. The fourth-order valence-corrected chi connectivity index (χ4v) is 4.56. The van der Waals surface area contributed by atoms with Crippen LogP contribution in [0.2, 0.25) is 0 Å². The number of carbonyl (C=O) groups excluding carboxylic acids is 2. The monoisotopic (exact) mass is 342 g/mol. The lowest BCUT2D eigenvalue weighted by atomic mass is 10.0. The second-order valence-electron chi connectivity index (χ2n) is 7.33. The van der Waals surface area contributed by atoms with E-state index >= 15 is 0 Å². The average Bonchev–Trinajstić information content (AvgIpc) is 3.34. The maximum absolute atomic E-state index is 13.2. The number of nitrogens with one attached hydrogen (secondary N) is 1. The second-order valence-corrected chi connectivity index (χ2v) is 7.33. The number of rotatable bonds is 3. The minimum atomic E-state index is -0.0868. The van der Waals surface area contributed by atoms with Crippen molar-refractivity contribution in [3.63, 3.8) is 0 Å². The summed E-state index contributed by atoms with van der Waals surface area (Å²) in [7, 11) is 2.17. The van der Waals surface area contributed by atoms with Crippen molar-refractivity contribution in [2.24, 2.45) is 0 Å². The summed E-state index contributed by atoms with van der Waals surface area (Å²) in [6.45, 7) is 3.26. The van der Waals surface area contributed by atoms with Gasteiger partial charge in [-0.2, -0.15) is 0 Å². The normalized spacial score (nSPS) is 27.2. The number of amides is 3. The minimum Gasteiger partial charge on any atom is -0.336 e. The number of benzene rings is 1. The van der Waals surface area contributed by atoms with E-state index in [2.05, 4.69) is 22.2 Å². The topological polar surface area (TPSA) is 55.9 Å². The van der Waals surface area contributed by atoms with Crippen molar-refractivity contribution in [1.82, 2.24) is 15.1 Å². The summed E-state index contributed by atoms with van der Waals surface area (Å²) in [5, 5.41) is 2.81. The molecule has 0 saturated carbocycles. The summed E-state index contributed by atoms with van der Waals surface area (Å²) in [6.07, 6.45) is 4.57. The van der Waals surface area contributed by atoms with E-state index in [1.54, 1.807) is 4.90 Å². The second kappa shape index (κ2) is 6.67. The van der Waals surface area contributed by atoms with Gasteiger partial charge in [0.25, 0.3) is 5.91 Å². The van der Waals surface area contributed by atoms with E-state index in [9.17, 15) is 9.59 Å². The lowest BCUT2D eigenvalue weighted by Gasteiger charge is -2.33. The van der Waals surface area contributed by atoms with E-state index in [-0.39, 0.29) is 11.9 Å². The van der Waals surface area contributed by atoms with Crippen LogP contribution in [0, 0.1) is 0 Å². The molecule has 1 aromatic carbocycles. The van der Waals surface area contributed by atoms with Crippen LogP contribution in [-0.4, -0.2) is 67.0 Å². The molecule has 3 heterocycles. The Hall–Kier alpha value is -2.08. The predicted molar refractivity (Wildman–Crippen MR) is 96.9 cm³/mol. The van der Waals surface area contributed by atoms with Crippen molar-refractivity contribution < 1.29 is 9.59 Å². The third kappa shape index (κ3) is 2.99. The molecule has 0 unspecified atom stereocenters. The number of likely N-dealkylation sites (tertiary alicyclic amines) is 2. The molecule has 3 saturated heterocycles. The zero-order valence-corrected chi connectivity index (χ0v) is 14.8. The van der Waals surface area contributed by atoms with Crippen LogP contribution in [0.4, 0.5) is 10.5 Å². The summed E-state index contributed by atoms with van der Waals surface area (Å²) in [5.41, 5.74) is 1.49. The first-order valence-electron chi connectivity index (χ1n) is 9.32. The Kier molecular flexibility index (Phi) is 4.37. The van der Waals surface area contributed by atoms with Crippen LogP contribution >= 0.6 is 0 Å². The molecule has 2 atom stereocenters.